The van der Waals surface area contributed by atoms with E-state index < -0.39 is 0 Å². The second kappa shape index (κ2) is 5.57. The van der Waals surface area contributed by atoms with Gasteiger partial charge in [-0.25, -0.2) is 0 Å². The van der Waals surface area contributed by atoms with Gasteiger partial charge in [-0.2, -0.15) is 0 Å². The molecule has 4 nitrogen and oxygen atoms in total. The molecule has 4 N–H and O–H groups in total. The summed E-state index contributed by atoms with van der Waals surface area (Å²) in [6, 6.07) is 9.33. The van der Waals surface area contributed by atoms with E-state index in [2.05, 4.69) is 0 Å². The summed E-state index contributed by atoms with van der Waals surface area (Å²) in [6.45, 7) is 1.89. The van der Waals surface area contributed by atoms with Gasteiger partial charge in [-0.15, -0.1) is 0 Å². The third-order valence-electron chi connectivity index (χ3n) is 3.11. The van der Waals surface area contributed by atoms with Crippen LogP contribution >= 0.6 is 0 Å². The molecule has 0 spiro atoms. The van der Waals surface area contributed by atoms with Crippen molar-refractivity contribution in [2.75, 3.05) is 0 Å². The van der Waals surface area contributed by atoms with Crippen LogP contribution in [0.3, 0.4) is 0 Å². The van der Waals surface area contributed by atoms with Gasteiger partial charge < -0.3 is 20.4 Å². The molecular weight excluding hydrogens is 256 g/mol. The van der Waals surface area contributed by atoms with E-state index in [4.69, 9.17) is 0 Å². The molecule has 20 heavy (non-hydrogen) atoms. The maximum Gasteiger partial charge on any atom is 0.157 e. The second-order valence-electron chi connectivity index (χ2n) is 4.62. The predicted octanol–water partition coefficient (Wildman–Crippen LogP) is 3.16. The fraction of sp³-hybridized carbons (Fsp3) is 0.125. The molecule has 2 aromatic carbocycles. The van der Waals surface area contributed by atoms with Crippen molar-refractivity contribution in [1.29, 1.82) is 0 Å². The monoisotopic (exact) mass is 272 g/mol. The minimum absolute atomic E-state index is 0.141. The highest BCUT2D eigenvalue weighted by molar-refractivity contribution is 5.66. The highest BCUT2D eigenvalue weighted by Gasteiger charge is 2.03. The molecule has 0 saturated carbocycles. The Balaban J connectivity index is 2.17. The summed E-state index contributed by atoms with van der Waals surface area (Å²) in [5.41, 5.74) is 2.61. The Labute approximate surface area is 116 Å². The molecule has 0 fully saturated rings. The summed E-state index contributed by atoms with van der Waals surface area (Å²) < 4.78 is 0. The van der Waals surface area contributed by atoms with Crippen molar-refractivity contribution in [3.63, 3.8) is 0 Å². The van der Waals surface area contributed by atoms with Crippen LogP contribution in [0.1, 0.15) is 18.1 Å². The fourth-order valence-electron chi connectivity index (χ4n) is 1.85. The maximum atomic E-state index is 9.46. The van der Waals surface area contributed by atoms with E-state index in [1.165, 1.54) is 24.3 Å². The number of hydrogen-bond donors (Lipinski definition) is 4. The van der Waals surface area contributed by atoms with Crippen molar-refractivity contribution >= 4 is 5.57 Å². The van der Waals surface area contributed by atoms with Crippen LogP contribution in [0.25, 0.3) is 5.57 Å². The summed E-state index contributed by atoms with van der Waals surface area (Å²) in [5, 5.41) is 37.4. The molecule has 0 amide bonds. The first-order valence-corrected chi connectivity index (χ1v) is 6.17. The van der Waals surface area contributed by atoms with E-state index in [-0.39, 0.29) is 23.0 Å². The van der Waals surface area contributed by atoms with E-state index in [1.54, 1.807) is 12.1 Å². The Bertz CT molecular complexity index is 660. The number of allylic oxidation sites excluding steroid dienone is 2. The van der Waals surface area contributed by atoms with Crippen LogP contribution in [-0.2, 0) is 6.42 Å². The van der Waals surface area contributed by atoms with Gasteiger partial charge in [-0.1, -0.05) is 18.2 Å². The van der Waals surface area contributed by atoms with E-state index in [0.29, 0.717) is 6.42 Å². The molecule has 0 bridgehead atoms. The van der Waals surface area contributed by atoms with Gasteiger partial charge in [0.2, 0.25) is 0 Å². The summed E-state index contributed by atoms with van der Waals surface area (Å²) in [7, 11) is 0. The number of benzene rings is 2. The Kier molecular flexibility index (Phi) is 3.84. The first-order chi connectivity index (χ1) is 9.47. The van der Waals surface area contributed by atoms with E-state index in [0.717, 1.165) is 16.7 Å². The third kappa shape index (κ3) is 3.03. The van der Waals surface area contributed by atoms with Crippen LogP contribution in [0, 0.1) is 0 Å². The highest BCUT2D eigenvalue weighted by Crippen LogP contribution is 2.29. The lowest BCUT2D eigenvalue weighted by atomic mass is 10.0. The standard InChI is InChI=1S/C16H16O4/c1-10(12-5-7-14(18)16(20)9-12)2-3-11-4-6-13(17)15(19)8-11/h2,4-9,17-20H,3H2,1H3/b10-2-. The lowest BCUT2D eigenvalue weighted by Gasteiger charge is -2.05. The van der Waals surface area contributed by atoms with Crippen molar-refractivity contribution in [2.45, 2.75) is 13.3 Å². The van der Waals surface area contributed by atoms with E-state index in [1.807, 2.05) is 13.0 Å². The third-order valence-corrected chi connectivity index (χ3v) is 3.11. The lowest BCUT2D eigenvalue weighted by molar-refractivity contribution is 0.403. The van der Waals surface area contributed by atoms with Gasteiger partial charge in [-0.05, 0) is 54.3 Å². The van der Waals surface area contributed by atoms with Crippen molar-refractivity contribution in [3.8, 4) is 23.0 Å². The molecular formula is C16H16O4. The topological polar surface area (TPSA) is 80.9 Å². The molecule has 0 unspecified atom stereocenters. The summed E-state index contributed by atoms with van der Waals surface area (Å²) in [5.74, 6) is -0.587. The van der Waals surface area contributed by atoms with Gasteiger partial charge in [0, 0.05) is 0 Å². The molecule has 0 aliphatic carbocycles. The molecule has 0 atom stereocenters. The molecule has 2 aromatic rings. The Morgan fingerprint density at radius 3 is 2.05 bits per heavy atom. The summed E-state index contributed by atoms with van der Waals surface area (Å²) >= 11 is 0. The average Bonchev–Trinajstić information content (AvgIpc) is 2.43. The van der Waals surface area contributed by atoms with Gasteiger partial charge in [-0.3, -0.25) is 0 Å². The van der Waals surface area contributed by atoms with Crippen LogP contribution in [0.2, 0.25) is 0 Å². The minimum atomic E-state index is -0.155. The fourth-order valence-corrected chi connectivity index (χ4v) is 1.85. The Hall–Kier alpha value is -2.62. The van der Waals surface area contributed by atoms with Gasteiger partial charge in [0.15, 0.2) is 23.0 Å². The molecule has 104 valence electrons. The maximum absolute atomic E-state index is 9.46. The zero-order chi connectivity index (χ0) is 14.7. The smallest absolute Gasteiger partial charge is 0.157 e. The number of rotatable bonds is 3. The molecule has 0 heterocycles. The molecule has 0 aromatic heterocycles. The first-order valence-electron chi connectivity index (χ1n) is 6.17. The predicted molar refractivity (Wildman–Crippen MR) is 76.9 cm³/mol. The van der Waals surface area contributed by atoms with Crippen molar-refractivity contribution in [1.82, 2.24) is 0 Å². The van der Waals surface area contributed by atoms with E-state index >= 15 is 0 Å². The largest absolute Gasteiger partial charge is 0.504 e. The number of phenolic OH excluding ortho intramolecular Hbond substituents is 4. The van der Waals surface area contributed by atoms with Crippen LogP contribution in [0.4, 0.5) is 0 Å². The minimum Gasteiger partial charge on any atom is -0.504 e. The summed E-state index contributed by atoms with van der Waals surface area (Å²) in [4.78, 5) is 0. The van der Waals surface area contributed by atoms with Crippen molar-refractivity contribution < 1.29 is 20.4 Å². The SMILES string of the molecule is C/C(=C/Cc1ccc(O)c(O)c1)c1ccc(O)c(O)c1. The normalized spacial score (nSPS) is 11.6. The molecule has 0 aliphatic heterocycles. The first kappa shape index (κ1) is 13.8. The highest BCUT2D eigenvalue weighted by atomic mass is 16.3. The number of phenols is 4. The van der Waals surface area contributed by atoms with Crippen LogP contribution < -0.4 is 0 Å². The van der Waals surface area contributed by atoms with Gasteiger partial charge in [0.25, 0.3) is 0 Å². The zero-order valence-electron chi connectivity index (χ0n) is 11.0. The van der Waals surface area contributed by atoms with Crippen LogP contribution in [-0.4, -0.2) is 20.4 Å². The van der Waals surface area contributed by atoms with Crippen molar-refractivity contribution in [2.24, 2.45) is 0 Å². The summed E-state index contributed by atoms with van der Waals surface area (Å²) in [6.07, 6.45) is 2.53. The van der Waals surface area contributed by atoms with Crippen LogP contribution in [0.15, 0.2) is 42.5 Å². The number of hydrogen-bond acceptors (Lipinski definition) is 4. The van der Waals surface area contributed by atoms with Crippen LogP contribution in [0.5, 0.6) is 23.0 Å². The Morgan fingerprint density at radius 1 is 0.850 bits per heavy atom. The van der Waals surface area contributed by atoms with Crippen molar-refractivity contribution in [3.05, 3.63) is 53.6 Å². The number of aromatic hydroxyl groups is 4. The molecule has 0 aliphatic rings. The van der Waals surface area contributed by atoms with Gasteiger partial charge in [0.05, 0.1) is 0 Å². The Morgan fingerprint density at radius 2 is 1.45 bits per heavy atom. The average molecular weight is 272 g/mol. The zero-order valence-corrected chi connectivity index (χ0v) is 11.0. The molecule has 0 saturated heterocycles. The second-order valence-corrected chi connectivity index (χ2v) is 4.62. The van der Waals surface area contributed by atoms with E-state index in [9.17, 15) is 20.4 Å². The quantitative estimate of drug-likeness (QED) is 0.647. The molecule has 2 rings (SSSR count). The van der Waals surface area contributed by atoms with Gasteiger partial charge in [0.1, 0.15) is 0 Å². The van der Waals surface area contributed by atoms with Gasteiger partial charge >= 0.3 is 0 Å². The molecule has 4 heteroatoms. The lowest BCUT2D eigenvalue weighted by Crippen LogP contribution is -1.84. The molecule has 0 radical (unpaired) electrons.